The van der Waals surface area contributed by atoms with E-state index in [4.69, 9.17) is 5.73 Å². The van der Waals surface area contributed by atoms with Crippen LogP contribution in [0.3, 0.4) is 0 Å². The first-order valence-corrected chi connectivity index (χ1v) is 9.35. The zero-order valence-corrected chi connectivity index (χ0v) is 14.8. The first-order valence-electron chi connectivity index (χ1n) is 9.35. The van der Waals surface area contributed by atoms with Gasteiger partial charge in [0.05, 0.1) is 13.1 Å². The number of nitrogens with zero attached hydrogens (tertiary/aromatic N) is 3. The van der Waals surface area contributed by atoms with Gasteiger partial charge in [-0.15, -0.1) is 0 Å². The summed E-state index contributed by atoms with van der Waals surface area (Å²) in [6.45, 7) is 4.66. The monoisotopic (exact) mass is 351 g/mol. The van der Waals surface area contributed by atoms with E-state index in [1.54, 1.807) is 0 Å². The summed E-state index contributed by atoms with van der Waals surface area (Å²) in [5.41, 5.74) is 5.60. The molecule has 3 amide bonds. The van der Waals surface area contributed by atoms with Gasteiger partial charge in [-0.3, -0.25) is 19.3 Å². The molecule has 3 fully saturated rings. The van der Waals surface area contributed by atoms with Gasteiger partial charge < -0.3 is 20.9 Å². The third-order valence-electron chi connectivity index (χ3n) is 5.58. The molecule has 0 radical (unpaired) electrons. The van der Waals surface area contributed by atoms with Crippen molar-refractivity contribution in [3.63, 3.8) is 0 Å². The molecule has 0 bridgehead atoms. The first kappa shape index (κ1) is 18.1. The van der Waals surface area contributed by atoms with Gasteiger partial charge in [0.2, 0.25) is 17.7 Å². The van der Waals surface area contributed by atoms with Crippen molar-refractivity contribution >= 4 is 17.7 Å². The number of carbonyl (C=O) groups is 3. The van der Waals surface area contributed by atoms with E-state index in [9.17, 15) is 14.4 Å². The summed E-state index contributed by atoms with van der Waals surface area (Å²) in [7, 11) is 0. The molecule has 140 valence electrons. The fourth-order valence-corrected chi connectivity index (χ4v) is 4.25. The van der Waals surface area contributed by atoms with E-state index in [0.29, 0.717) is 45.1 Å². The highest BCUT2D eigenvalue weighted by molar-refractivity contribution is 5.82. The fourth-order valence-electron chi connectivity index (χ4n) is 4.25. The van der Waals surface area contributed by atoms with Crippen molar-refractivity contribution in [1.82, 2.24) is 20.0 Å². The highest BCUT2D eigenvalue weighted by atomic mass is 16.2. The smallest absolute Gasteiger partial charge is 0.236 e. The summed E-state index contributed by atoms with van der Waals surface area (Å²) < 4.78 is 0. The molecule has 3 heterocycles. The number of rotatable bonds is 5. The highest BCUT2D eigenvalue weighted by Crippen LogP contribution is 2.31. The summed E-state index contributed by atoms with van der Waals surface area (Å²) in [4.78, 5) is 42.1. The van der Waals surface area contributed by atoms with Crippen LogP contribution in [0, 0.1) is 5.92 Å². The quantitative estimate of drug-likeness (QED) is 0.635. The molecule has 3 saturated heterocycles. The van der Waals surface area contributed by atoms with Gasteiger partial charge in [-0.05, 0) is 31.7 Å². The van der Waals surface area contributed by atoms with Gasteiger partial charge in [0, 0.05) is 45.2 Å². The van der Waals surface area contributed by atoms with Gasteiger partial charge in [0.25, 0.3) is 0 Å². The molecule has 3 aliphatic heterocycles. The Morgan fingerprint density at radius 3 is 2.84 bits per heavy atom. The Morgan fingerprint density at radius 1 is 1.24 bits per heavy atom. The molecule has 3 rings (SSSR count). The van der Waals surface area contributed by atoms with Crippen LogP contribution in [0.15, 0.2) is 0 Å². The lowest BCUT2D eigenvalue weighted by Crippen LogP contribution is -2.58. The molecular formula is C17H29N5O3. The number of amides is 3. The second-order valence-corrected chi connectivity index (χ2v) is 7.28. The Morgan fingerprint density at radius 2 is 2.08 bits per heavy atom. The number of nitrogens with one attached hydrogen (secondary N) is 1. The summed E-state index contributed by atoms with van der Waals surface area (Å²) in [6, 6.07) is 0.248. The van der Waals surface area contributed by atoms with E-state index in [1.807, 2.05) is 14.7 Å². The third kappa shape index (κ3) is 4.30. The van der Waals surface area contributed by atoms with Gasteiger partial charge in [0.15, 0.2) is 0 Å². The minimum Gasteiger partial charge on any atom is -0.354 e. The van der Waals surface area contributed by atoms with Gasteiger partial charge in [-0.25, -0.2) is 0 Å². The molecule has 0 unspecified atom stereocenters. The zero-order chi connectivity index (χ0) is 17.8. The second kappa shape index (κ2) is 8.14. The largest absolute Gasteiger partial charge is 0.354 e. The Hall–Kier alpha value is -1.67. The topological polar surface area (TPSA) is 99.0 Å². The Bertz CT molecular complexity index is 526. The number of fused-ring (bicyclic) bond motifs is 1. The molecule has 0 aromatic carbocycles. The maximum atomic E-state index is 12.6. The van der Waals surface area contributed by atoms with Crippen molar-refractivity contribution in [3.05, 3.63) is 0 Å². The van der Waals surface area contributed by atoms with Crippen LogP contribution in [0.4, 0.5) is 0 Å². The van der Waals surface area contributed by atoms with Crippen LogP contribution in [0.1, 0.15) is 25.7 Å². The number of likely N-dealkylation sites (tertiary alicyclic amines) is 2. The lowest BCUT2D eigenvalue weighted by molar-refractivity contribution is -0.144. The van der Waals surface area contributed by atoms with Crippen LogP contribution >= 0.6 is 0 Å². The number of piperazine rings is 1. The van der Waals surface area contributed by atoms with Crippen molar-refractivity contribution in [1.29, 1.82) is 0 Å². The molecule has 8 heteroatoms. The average Bonchev–Trinajstić information content (AvgIpc) is 2.60. The molecule has 0 aromatic rings. The Labute approximate surface area is 148 Å². The lowest BCUT2D eigenvalue weighted by atomic mass is 9.83. The van der Waals surface area contributed by atoms with Crippen molar-refractivity contribution in [2.24, 2.45) is 11.7 Å². The summed E-state index contributed by atoms with van der Waals surface area (Å²) >= 11 is 0. The van der Waals surface area contributed by atoms with E-state index in [1.165, 1.54) is 0 Å². The molecule has 8 nitrogen and oxygen atoms in total. The highest BCUT2D eigenvalue weighted by Gasteiger charge is 2.40. The maximum absolute atomic E-state index is 12.6. The molecule has 0 aromatic heterocycles. The van der Waals surface area contributed by atoms with Gasteiger partial charge >= 0.3 is 0 Å². The van der Waals surface area contributed by atoms with E-state index < -0.39 is 0 Å². The van der Waals surface area contributed by atoms with Crippen LogP contribution in [0.5, 0.6) is 0 Å². The minimum absolute atomic E-state index is 0.0147. The normalized spacial score (nSPS) is 27.9. The van der Waals surface area contributed by atoms with E-state index in [2.05, 4.69) is 5.32 Å². The summed E-state index contributed by atoms with van der Waals surface area (Å²) in [6.07, 6.45) is 3.10. The minimum atomic E-state index is -0.0147. The van der Waals surface area contributed by atoms with Gasteiger partial charge in [0.1, 0.15) is 0 Å². The first-order chi connectivity index (χ1) is 12.1. The predicted molar refractivity (Wildman–Crippen MR) is 92.5 cm³/mol. The van der Waals surface area contributed by atoms with Crippen molar-refractivity contribution in [2.45, 2.75) is 31.7 Å². The zero-order valence-electron chi connectivity index (χ0n) is 14.8. The Balaban J connectivity index is 1.54. The number of hydrogen-bond acceptors (Lipinski definition) is 5. The maximum Gasteiger partial charge on any atom is 0.236 e. The van der Waals surface area contributed by atoms with Crippen LogP contribution < -0.4 is 11.1 Å². The van der Waals surface area contributed by atoms with Crippen LogP contribution in [-0.2, 0) is 14.4 Å². The summed E-state index contributed by atoms with van der Waals surface area (Å²) in [5, 5.41) is 2.78. The fraction of sp³-hybridized carbons (Fsp3) is 0.824. The second-order valence-electron chi connectivity index (χ2n) is 7.28. The molecule has 2 atom stereocenters. The molecule has 3 aliphatic rings. The van der Waals surface area contributed by atoms with Gasteiger partial charge in [-0.2, -0.15) is 0 Å². The molecule has 25 heavy (non-hydrogen) atoms. The number of nitrogens with two attached hydrogens (primary N) is 1. The van der Waals surface area contributed by atoms with Crippen LogP contribution in [0.25, 0.3) is 0 Å². The SMILES string of the molecule is NCCCN1C(=O)CC[C@H]2CN(C(=O)CN3CCNC(=O)C3)CC[C@H]21. The number of piperidine rings is 2. The van der Waals surface area contributed by atoms with E-state index in [0.717, 1.165) is 38.9 Å². The number of carbonyl (C=O) groups excluding carboxylic acids is 3. The van der Waals surface area contributed by atoms with Crippen molar-refractivity contribution < 1.29 is 14.4 Å². The lowest BCUT2D eigenvalue weighted by Gasteiger charge is -2.47. The van der Waals surface area contributed by atoms with Crippen LogP contribution in [-0.4, -0.2) is 90.8 Å². The van der Waals surface area contributed by atoms with Crippen molar-refractivity contribution in [3.8, 4) is 0 Å². The molecule has 0 aliphatic carbocycles. The summed E-state index contributed by atoms with van der Waals surface area (Å²) in [5.74, 6) is 0.671. The molecular weight excluding hydrogens is 322 g/mol. The molecule has 0 spiro atoms. The third-order valence-corrected chi connectivity index (χ3v) is 5.58. The van der Waals surface area contributed by atoms with E-state index in [-0.39, 0.29) is 23.8 Å². The average molecular weight is 351 g/mol. The van der Waals surface area contributed by atoms with Crippen LogP contribution in [0.2, 0.25) is 0 Å². The standard InChI is InChI=1S/C17H29N5O3/c18-5-1-7-22-14-4-8-21(10-13(14)2-3-16(22)24)17(25)12-20-9-6-19-15(23)11-20/h13-14H,1-12,18H2,(H,19,23)/t13-,14+/m0/s1. The van der Waals surface area contributed by atoms with Gasteiger partial charge in [-0.1, -0.05) is 0 Å². The predicted octanol–water partition coefficient (Wildman–Crippen LogP) is -1.39. The Kier molecular flexibility index (Phi) is 5.90. The molecule has 3 N–H and O–H groups in total. The van der Waals surface area contributed by atoms with E-state index >= 15 is 0 Å². The molecule has 0 saturated carbocycles. The number of hydrogen-bond donors (Lipinski definition) is 2. The van der Waals surface area contributed by atoms with Crippen molar-refractivity contribution in [2.75, 3.05) is 52.4 Å².